The van der Waals surface area contributed by atoms with Crippen molar-refractivity contribution in [2.24, 2.45) is 0 Å². The van der Waals surface area contributed by atoms with Crippen molar-refractivity contribution in [1.29, 1.82) is 0 Å². The third kappa shape index (κ3) is 8.19. The van der Waals surface area contributed by atoms with E-state index in [0.29, 0.717) is 13.5 Å². The number of hydrogen-bond donors (Lipinski definition) is 2. The van der Waals surface area contributed by atoms with Crippen LogP contribution >= 0.6 is 34.4 Å². The van der Waals surface area contributed by atoms with Gasteiger partial charge in [0.2, 0.25) is 10.3 Å². The summed E-state index contributed by atoms with van der Waals surface area (Å²) in [5.41, 5.74) is 0. The van der Waals surface area contributed by atoms with Gasteiger partial charge in [0.05, 0.1) is 0 Å². The summed E-state index contributed by atoms with van der Waals surface area (Å²) in [6.07, 6.45) is 1.78. The molecule has 0 aliphatic carbocycles. The van der Waals surface area contributed by atoms with E-state index in [1.165, 1.54) is 0 Å². The quantitative estimate of drug-likeness (QED) is 0.187. The predicted molar refractivity (Wildman–Crippen MR) is 136 cm³/mol. The number of nitrogens with zero attached hydrogens (tertiary/aromatic N) is 4. The van der Waals surface area contributed by atoms with Crippen molar-refractivity contribution in [1.82, 2.24) is 20.4 Å². The van der Waals surface area contributed by atoms with Gasteiger partial charge in [-0.1, -0.05) is 59.1 Å². The maximum Gasteiger partial charge on any atom is 0.208 e. The Bertz CT molecular complexity index is 992. The van der Waals surface area contributed by atoms with Gasteiger partial charge in [0.1, 0.15) is 21.5 Å². The van der Waals surface area contributed by atoms with Crippen molar-refractivity contribution >= 4 is 44.7 Å². The fraction of sp³-hybridized carbons (Fsp3) is 0.273. The van der Waals surface area contributed by atoms with Gasteiger partial charge >= 0.3 is 0 Å². The SMILES string of the molecule is c1ccc(OCNc2nnc(CCSCCc3nnc(NCOc4ccccc4)s3)s2)cc1. The molecule has 0 saturated carbocycles. The molecular weight excluding hydrogens is 476 g/mol. The smallest absolute Gasteiger partial charge is 0.208 e. The first-order valence-electron chi connectivity index (χ1n) is 10.4. The summed E-state index contributed by atoms with van der Waals surface area (Å²) >= 11 is 5.01. The van der Waals surface area contributed by atoms with Crippen LogP contribution in [0.3, 0.4) is 0 Å². The first-order valence-corrected chi connectivity index (χ1v) is 13.2. The van der Waals surface area contributed by atoms with Crippen LogP contribution in [0.1, 0.15) is 10.0 Å². The van der Waals surface area contributed by atoms with E-state index in [9.17, 15) is 0 Å². The molecule has 0 radical (unpaired) electrons. The average Bonchev–Trinajstić information content (AvgIpc) is 3.50. The highest BCUT2D eigenvalue weighted by Gasteiger charge is 2.06. The molecule has 0 unspecified atom stereocenters. The number of benzene rings is 2. The molecule has 0 aliphatic rings. The lowest BCUT2D eigenvalue weighted by molar-refractivity contribution is 0.346. The van der Waals surface area contributed by atoms with E-state index in [1.54, 1.807) is 22.7 Å². The molecule has 11 heteroatoms. The topological polar surface area (TPSA) is 94.1 Å². The highest BCUT2D eigenvalue weighted by atomic mass is 32.2. The van der Waals surface area contributed by atoms with Crippen LogP contribution in [-0.2, 0) is 12.8 Å². The molecule has 33 heavy (non-hydrogen) atoms. The normalized spacial score (nSPS) is 10.7. The Hall–Kier alpha value is -2.89. The molecule has 0 aliphatic heterocycles. The van der Waals surface area contributed by atoms with Crippen molar-refractivity contribution in [3.05, 3.63) is 70.7 Å². The summed E-state index contributed by atoms with van der Waals surface area (Å²) in [7, 11) is 0. The van der Waals surface area contributed by atoms with Crippen LogP contribution in [-0.4, -0.2) is 45.4 Å². The first kappa shape index (κ1) is 23.3. The zero-order valence-corrected chi connectivity index (χ0v) is 20.3. The molecule has 2 N–H and O–H groups in total. The maximum atomic E-state index is 5.62. The molecule has 0 atom stereocenters. The van der Waals surface area contributed by atoms with E-state index in [0.717, 1.165) is 56.1 Å². The number of ether oxygens (including phenoxy) is 2. The summed E-state index contributed by atoms with van der Waals surface area (Å²) in [4.78, 5) is 0. The van der Waals surface area contributed by atoms with Gasteiger partial charge in [-0.3, -0.25) is 0 Å². The number of anilines is 2. The number of rotatable bonds is 14. The Kier molecular flexibility index (Phi) is 9.15. The number of nitrogens with one attached hydrogen (secondary N) is 2. The van der Waals surface area contributed by atoms with Crippen LogP contribution in [0.5, 0.6) is 11.5 Å². The molecule has 0 spiro atoms. The standard InChI is InChI=1S/C22H24N6O2S3/c1-3-7-17(8-4-1)29-15-23-21-27-25-19(32-21)11-13-31-14-12-20-26-28-22(33-20)24-16-30-18-9-5-2-6-10-18/h1-10H,11-16H2,(H,23,27)(H,24,28). The van der Waals surface area contributed by atoms with Gasteiger partial charge in [0, 0.05) is 12.8 Å². The van der Waals surface area contributed by atoms with Gasteiger partial charge in [-0.15, -0.1) is 20.4 Å². The number of aromatic nitrogens is 4. The molecule has 2 heterocycles. The zero-order chi connectivity index (χ0) is 22.6. The molecule has 0 amide bonds. The molecule has 4 aromatic rings. The highest BCUT2D eigenvalue weighted by molar-refractivity contribution is 7.99. The second-order valence-electron chi connectivity index (χ2n) is 6.67. The summed E-state index contributed by atoms with van der Waals surface area (Å²) in [6.45, 7) is 0.731. The van der Waals surface area contributed by atoms with Crippen LogP contribution in [0.2, 0.25) is 0 Å². The van der Waals surface area contributed by atoms with E-state index in [4.69, 9.17) is 9.47 Å². The molecule has 2 aromatic heterocycles. The number of aryl methyl sites for hydroxylation is 2. The van der Waals surface area contributed by atoms with Crippen LogP contribution in [0, 0.1) is 0 Å². The Morgan fingerprint density at radius 3 is 1.55 bits per heavy atom. The molecular formula is C22H24N6O2S3. The van der Waals surface area contributed by atoms with Gasteiger partial charge in [0.25, 0.3) is 0 Å². The third-order valence-corrected chi connectivity index (χ3v) is 7.13. The fourth-order valence-electron chi connectivity index (χ4n) is 2.67. The summed E-state index contributed by atoms with van der Waals surface area (Å²) in [5.74, 6) is 3.63. The molecule has 172 valence electrons. The molecule has 8 nitrogen and oxygen atoms in total. The van der Waals surface area contributed by atoms with Crippen molar-refractivity contribution < 1.29 is 9.47 Å². The third-order valence-electron chi connectivity index (χ3n) is 4.27. The van der Waals surface area contributed by atoms with Crippen molar-refractivity contribution in [3.8, 4) is 11.5 Å². The minimum absolute atomic E-state index is 0.366. The molecule has 0 saturated heterocycles. The van der Waals surface area contributed by atoms with E-state index < -0.39 is 0 Å². The van der Waals surface area contributed by atoms with Crippen molar-refractivity contribution in [2.45, 2.75) is 12.8 Å². The molecule has 0 fully saturated rings. The van der Waals surface area contributed by atoms with Gasteiger partial charge in [-0.2, -0.15) is 11.8 Å². The van der Waals surface area contributed by atoms with Gasteiger partial charge < -0.3 is 20.1 Å². The van der Waals surface area contributed by atoms with E-state index in [1.807, 2.05) is 72.4 Å². The van der Waals surface area contributed by atoms with Gasteiger partial charge in [-0.25, -0.2) is 0 Å². The summed E-state index contributed by atoms with van der Waals surface area (Å²) in [5, 5.41) is 26.7. The van der Waals surface area contributed by atoms with Crippen molar-refractivity contribution in [3.63, 3.8) is 0 Å². The minimum Gasteiger partial charge on any atom is -0.473 e. The maximum absolute atomic E-state index is 5.62. The van der Waals surface area contributed by atoms with Crippen LogP contribution in [0.25, 0.3) is 0 Å². The Morgan fingerprint density at radius 1 is 0.636 bits per heavy atom. The summed E-state index contributed by atoms with van der Waals surface area (Å²) in [6, 6.07) is 19.4. The Balaban J connectivity index is 1.06. The van der Waals surface area contributed by atoms with E-state index >= 15 is 0 Å². The fourth-order valence-corrected chi connectivity index (χ4v) is 5.25. The predicted octanol–water partition coefficient (Wildman–Crippen LogP) is 4.80. The zero-order valence-electron chi connectivity index (χ0n) is 17.8. The lowest BCUT2D eigenvalue weighted by Gasteiger charge is -2.05. The Labute approximate surface area is 204 Å². The molecule has 0 bridgehead atoms. The van der Waals surface area contributed by atoms with E-state index in [-0.39, 0.29) is 0 Å². The number of para-hydroxylation sites is 2. The number of thioether (sulfide) groups is 1. The lowest BCUT2D eigenvalue weighted by atomic mass is 10.3. The highest BCUT2D eigenvalue weighted by Crippen LogP contribution is 2.20. The van der Waals surface area contributed by atoms with Crippen LogP contribution in [0.4, 0.5) is 10.3 Å². The largest absolute Gasteiger partial charge is 0.473 e. The van der Waals surface area contributed by atoms with Crippen LogP contribution in [0.15, 0.2) is 60.7 Å². The Morgan fingerprint density at radius 2 is 1.09 bits per heavy atom. The lowest BCUT2D eigenvalue weighted by Crippen LogP contribution is -2.08. The number of hydrogen-bond acceptors (Lipinski definition) is 11. The van der Waals surface area contributed by atoms with Gasteiger partial charge in [0.15, 0.2) is 13.5 Å². The average molecular weight is 501 g/mol. The van der Waals surface area contributed by atoms with E-state index in [2.05, 4.69) is 31.0 Å². The first-order chi connectivity index (χ1) is 16.3. The minimum atomic E-state index is 0.366. The molecule has 2 aromatic carbocycles. The second-order valence-corrected chi connectivity index (χ2v) is 10.0. The second kappa shape index (κ2) is 13.0. The van der Waals surface area contributed by atoms with Gasteiger partial charge in [-0.05, 0) is 35.8 Å². The van der Waals surface area contributed by atoms with Crippen molar-refractivity contribution in [2.75, 3.05) is 35.6 Å². The summed E-state index contributed by atoms with van der Waals surface area (Å²) < 4.78 is 11.2. The monoisotopic (exact) mass is 500 g/mol. The van der Waals surface area contributed by atoms with Crippen LogP contribution < -0.4 is 20.1 Å². The molecule has 4 rings (SSSR count).